The molecule has 3 rings (SSSR count). The highest BCUT2D eigenvalue weighted by atomic mass is 16.6. The highest BCUT2D eigenvalue weighted by Crippen LogP contribution is 2.34. The highest BCUT2D eigenvalue weighted by molar-refractivity contribution is 5.88. The van der Waals surface area contributed by atoms with Crippen molar-refractivity contribution in [3.05, 3.63) is 59.7 Å². The van der Waals surface area contributed by atoms with E-state index in [1.54, 1.807) is 0 Å². The van der Waals surface area contributed by atoms with Crippen molar-refractivity contribution in [3.8, 4) is 23.0 Å². The molecule has 0 aromatic heterocycles. The fourth-order valence-corrected chi connectivity index (χ4v) is 3.84. The summed E-state index contributed by atoms with van der Waals surface area (Å²) in [6.07, 6.45) is -0.863. The SMILES string of the molecule is COC(=O)[C@@]1(O)C[C@H](OC(=O)/C=C/c2ccc(O)c(O)c2)C[C@@H](OC(=O)/C=C/c2ccc(O)c(O)c2)[C@@H]1O. The van der Waals surface area contributed by atoms with Gasteiger partial charge in [-0.3, -0.25) is 0 Å². The third-order valence-electron chi connectivity index (χ3n) is 5.79. The topological polar surface area (TPSA) is 200 Å². The van der Waals surface area contributed by atoms with Crippen LogP contribution in [0.25, 0.3) is 12.2 Å². The lowest BCUT2D eigenvalue weighted by Gasteiger charge is -2.41. The van der Waals surface area contributed by atoms with Gasteiger partial charge in [0.15, 0.2) is 28.6 Å². The van der Waals surface area contributed by atoms with Gasteiger partial charge in [-0.1, -0.05) is 12.1 Å². The second kappa shape index (κ2) is 11.7. The summed E-state index contributed by atoms with van der Waals surface area (Å²) in [5.74, 6) is -4.61. The molecule has 0 bridgehead atoms. The lowest BCUT2D eigenvalue weighted by molar-refractivity contribution is -0.214. The first-order valence-corrected chi connectivity index (χ1v) is 11.2. The number of aromatic hydroxyl groups is 4. The number of carbonyl (C=O) groups excluding carboxylic acids is 3. The van der Waals surface area contributed by atoms with Crippen LogP contribution in [0.5, 0.6) is 23.0 Å². The van der Waals surface area contributed by atoms with Crippen LogP contribution >= 0.6 is 0 Å². The van der Waals surface area contributed by atoms with E-state index >= 15 is 0 Å². The maximum absolute atomic E-state index is 12.4. The number of methoxy groups -OCH3 is 1. The molecule has 0 amide bonds. The predicted octanol–water partition coefficient (Wildman–Crippen LogP) is 1.12. The summed E-state index contributed by atoms with van der Waals surface area (Å²) in [6, 6.07) is 7.65. The van der Waals surface area contributed by atoms with Crippen molar-refractivity contribution >= 4 is 30.1 Å². The van der Waals surface area contributed by atoms with Gasteiger partial charge in [-0.2, -0.15) is 0 Å². The monoisotopic (exact) mass is 530 g/mol. The Bertz CT molecular complexity index is 1270. The molecule has 0 saturated heterocycles. The molecular weight excluding hydrogens is 504 g/mol. The first-order valence-electron chi connectivity index (χ1n) is 11.2. The van der Waals surface area contributed by atoms with Gasteiger partial charge in [0.1, 0.15) is 18.3 Å². The lowest BCUT2D eigenvalue weighted by Crippen LogP contribution is -2.62. The number of esters is 3. The smallest absolute Gasteiger partial charge is 0.340 e. The maximum atomic E-state index is 12.4. The molecule has 12 nitrogen and oxygen atoms in total. The molecule has 1 aliphatic carbocycles. The van der Waals surface area contributed by atoms with Gasteiger partial charge in [0.05, 0.1) is 7.11 Å². The van der Waals surface area contributed by atoms with Crippen LogP contribution in [0.15, 0.2) is 48.6 Å². The number of aliphatic hydroxyl groups excluding tert-OH is 1. The minimum atomic E-state index is -2.55. The molecule has 1 aliphatic rings. The molecule has 4 atom stereocenters. The average molecular weight is 530 g/mol. The number of hydrogen-bond donors (Lipinski definition) is 6. The van der Waals surface area contributed by atoms with Gasteiger partial charge in [0.2, 0.25) is 0 Å². The van der Waals surface area contributed by atoms with E-state index in [-0.39, 0.29) is 17.9 Å². The van der Waals surface area contributed by atoms with Crippen LogP contribution in [0.4, 0.5) is 0 Å². The number of carbonyl (C=O) groups is 3. The molecule has 2 aromatic carbocycles. The largest absolute Gasteiger partial charge is 0.504 e. The van der Waals surface area contributed by atoms with Crippen LogP contribution in [-0.4, -0.2) is 79.6 Å². The van der Waals surface area contributed by atoms with Crippen LogP contribution in [-0.2, 0) is 28.6 Å². The van der Waals surface area contributed by atoms with Crippen molar-refractivity contribution in [3.63, 3.8) is 0 Å². The van der Waals surface area contributed by atoms with Crippen LogP contribution in [0.2, 0.25) is 0 Å². The summed E-state index contributed by atoms with van der Waals surface area (Å²) in [5.41, 5.74) is -1.85. The zero-order valence-corrected chi connectivity index (χ0v) is 20.1. The molecule has 12 heteroatoms. The predicted molar refractivity (Wildman–Crippen MR) is 130 cm³/mol. The summed E-state index contributed by atoms with van der Waals surface area (Å²) < 4.78 is 15.1. The number of benzene rings is 2. The molecule has 2 aromatic rings. The fraction of sp³-hybridized carbons (Fsp3) is 0.269. The number of ether oxygens (including phenoxy) is 3. The van der Waals surface area contributed by atoms with E-state index < -0.39 is 59.7 Å². The number of aliphatic hydroxyl groups is 2. The molecule has 0 radical (unpaired) electrons. The van der Waals surface area contributed by atoms with E-state index in [0.29, 0.717) is 11.1 Å². The van der Waals surface area contributed by atoms with Crippen LogP contribution in [0, 0.1) is 0 Å². The Kier molecular flexibility index (Phi) is 8.61. The van der Waals surface area contributed by atoms with Crippen molar-refractivity contribution in [2.75, 3.05) is 7.11 Å². The third kappa shape index (κ3) is 6.60. The van der Waals surface area contributed by atoms with E-state index in [0.717, 1.165) is 19.3 Å². The van der Waals surface area contributed by atoms with Gasteiger partial charge in [-0.15, -0.1) is 0 Å². The Hall–Kier alpha value is -4.55. The fourth-order valence-electron chi connectivity index (χ4n) is 3.84. The van der Waals surface area contributed by atoms with E-state index in [2.05, 4.69) is 4.74 Å². The number of rotatable bonds is 7. The van der Waals surface area contributed by atoms with Crippen LogP contribution in [0.3, 0.4) is 0 Å². The number of phenolic OH excluding ortho intramolecular Hbond substituents is 4. The van der Waals surface area contributed by atoms with E-state index in [1.807, 2.05) is 0 Å². The first-order chi connectivity index (χ1) is 17.9. The van der Waals surface area contributed by atoms with Crippen molar-refractivity contribution < 1.29 is 59.2 Å². The Morgan fingerprint density at radius 3 is 1.82 bits per heavy atom. The van der Waals surface area contributed by atoms with Gasteiger partial charge in [0, 0.05) is 25.0 Å². The lowest BCUT2D eigenvalue weighted by atomic mass is 9.78. The molecule has 1 saturated carbocycles. The quantitative estimate of drug-likeness (QED) is 0.129. The van der Waals surface area contributed by atoms with Gasteiger partial charge in [-0.25, -0.2) is 14.4 Å². The molecule has 0 unspecified atom stereocenters. The maximum Gasteiger partial charge on any atom is 0.340 e. The third-order valence-corrected chi connectivity index (χ3v) is 5.79. The summed E-state index contributed by atoms with van der Waals surface area (Å²) in [7, 11) is 0.981. The number of phenols is 4. The van der Waals surface area contributed by atoms with Gasteiger partial charge in [0.25, 0.3) is 0 Å². The molecule has 0 aliphatic heterocycles. The van der Waals surface area contributed by atoms with Gasteiger partial charge in [-0.05, 0) is 47.5 Å². The summed E-state index contributed by atoms with van der Waals surface area (Å²) in [4.78, 5) is 37.0. The average Bonchev–Trinajstić information content (AvgIpc) is 2.87. The van der Waals surface area contributed by atoms with Crippen molar-refractivity contribution in [1.29, 1.82) is 0 Å². The van der Waals surface area contributed by atoms with E-state index in [9.17, 15) is 45.0 Å². The van der Waals surface area contributed by atoms with Crippen LogP contribution < -0.4 is 0 Å². The summed E-state index contributed by atoms with van der Waals surface area (Å²) in [5, 5.41) is 59.3. The second-order valence-corrected chi connectivity index (χ2v) is 8.50. The zero-order valence-electron chi connectivity index (χ0n) is 20.1. The Morgan fingerprint density at radius 2 is 1.34 bits per heavy atom. The Morgan fingerprint density at radius 1 is 0.842 bits per heavy atom. The van der Waals surface area contributed by atoms with E-state index in [4.69, 9.17) is 9.47 Å². The normalized spacial score (nSPS) is 23.3. The Balaban J connectivity index is 1.73. The zero-order chi connectivity index (χ0) is 28.0. The molecule has 6 N–H and O–H groups in total. The first kappa shape index (κ1) is 28.0. The van der Waals surface area contributed by atoms with Crippen molar-refractivity contribution in [2.24, 2.45) is 0 Å². The molecule has 38 heavy (non-hydrogen) atoms. The summed E-state index contributed by atoms with van der Waals surface area (Å²) in [6.45, 7) is 0. The second-order valence-electron chi connectivity index (χ2n) is 8.50. The van der Waals surface area contributed by atoms with Gasteiger partial charge >= 0.3 is 17.9 Å². The Labute approximate surface area is 216 Å². The highest BCUT2D eigenvalue weighted by Gasteiger charge is 2.55. The van der Waals surface area contributed by atoms with Crippen LogP contribution in [0.1, 0.15) is 24.0 Å². The molecule has 0 spiro atoms. The van der Waals surface area contributed by atoms with Crippen molar-refractivity contribution in [1.82, 2.24) is 0 Å². The standard InChI is InChI=1S/C26H26O12/c1-36-25(34)26(35)13-16(37-22(31)8-4-14-2-6-17(27)19(29)10-14)12-21(24(26)33)38-23(32)9-5-15-3-7-18(28)20(30)11-15/h2-11,16,21,24,27-30,33,35H,12-13H2,1H3/b8-4+,9-5+/t16-,21-,24+,26-/m1/s1. The molecule has 1 fully saturated rings. The minimum absolute atomic E-state index is 0.264. The van der Waals surface area contributed by atoms with E-state index in [1.165, 1.54) is 48.6 Å². The molecule has 0 heterocycles. The summed E-state index contributed by atoms with van der Waals surface area (Å²) >= 11 is 0. The van der Waals surface area contributed by atoms with Gasteiger partial charge < -0.3 is 44.8 Å². The number of hydrogen-bond acceptors (Lipinski definition) is 12. The van der Waals surface area contributed by atoms with Crippen molar-refractivity contribution in [2.45, 2.75) is 36.8 Å². The molecular formula is C26H26O12. The molecule has 202 valence electrons. The minimum Gasteiger partial charge on any atom is -0.504 e.